The van der Waals surface area contributed by atoms with Gasteiger partial charge in [-0.25, -0.2) is 4.39 Å². The Morgan fingerprint density at radius 2 is 2.11 bits per heavy atom. The van der Waals surface area contributed by atoms with Gasteiger partial charge in [0.25, 0.3) is 0 Å². The van der Waals surface area contributed by atoms with Crippen LogP contribution in [0.4, 0.5) is 10.1 Å². The van der Waals surface area contributed by atoms with Gasteiger partial charge >= 0.3 is 0 Å². The number of aliphatic hydroxyl groups is 1. The minimum Gasteiger partial charge on any atom is -0.368 e. The molecule has 1 aliphatic rings. The molecule has 0 radical (unpaired) electrons. The molecule has 0 spiro atoms. The summed E-state index contributed by atoms with van der Waals surface area (Å²) in [6.07, 6.45) is 5.21. The highest BCUT2D eigenvalue weighted by Gasteiger charge is 2.29. The maximum absolute atomic E-state index is 13.8. The molecular weight excluding hydrogens is 359 g/mol. The first kappa shape index (κ1) is 18.2. The van der Waals surface area contributed by atoms with Gasteiger partial charge in [0.05, 0.1) is 17.1 Å². The van der Waals surface area contributed by atoms with Gasteiger partial charge in [0.2, 0.25) is 5.91 Å². The molecule has 2 N–H and O–H groups in total. The van der Waals surface area contributed by atoms with Crippen LogP contribution in [0.2, 0.25) is 0 Å². The Bertz CT molecular complexity index is 974. The van der Waals surface area contributed by atoms with E-state index < -0.39 is 6.23 Å². The van der Waals surface area contributed by atoms with Crippen LogP contribution in [0.3, 0.4) is 0 Å². The molecule has 28 heavy (non-hydrogen) atoms. The molecular formula is C21H21FN4O2. The van der Waals surface area contributed by atoms with Crippen molar-refractivity contribution in [2.24, 2.45) is 0 Å². The van der Waals surface area contributed by atoms with Gasteiger partial charge in [0, 0.05) is 38.1 Å². The Morgan fingerprint density at radius 3 is 2.93 bits per heavy atom. The number of pyridine rings is 1. The molecule has 1 atom stereocenters. The Morgan fingerprint density at radius 1 is 1.21 bits per heavy atom. The normalized spacial score (nSPS) is 15.1. The lowest BCUT2D eigenvalue weighted by molar-refractivity contribution is -0.121. The van der Waals surface area contributed by atoms with Crippen LogP contribution in [0.5, 0.6) is 0 Å². The summed E-state index contributed by atoms with van der Waals surface area (Å²) in [6.45, 7) is 0.865. The number of aliphatic hydroxyl groups excluding tert-OH is 1. The van der Waals surface area contributed by atoms with E-state index in [9.17, 15) is 14.3 Å². The Labute approximate surface area is 162 Å². The van der Waals surface area contributed by atoms with Crippen LogP contribution in [0.25, 0.3) is 5.69 Å². The number of rotatable bonds is 6. The Balaban J connectivity index is 1.39. The quantitative estimate of drug-likeness (QED) is 0.690. The number of benzene rings is 1. The number of anilines is 1. The number of carbonyl (C=O) groups is 1. The van der Waals surface area contributed by atoms with Crippen LogP contribution in [0.15, 0.2) is 61.1 Å². The average Bonchev–Trinajstić information content (AvgIpc) is 3.20. The fraction of sp³-hybridized carbons (Fsp3) is 0.238. The number of halogens is 1. The SMILES string of the molecule is O=C(CCCN1c2cc(F)ccc2-n2cccc2C1O)NCc1cccnc1. The van der Waals surface area contributed by atoms with E-state index in [1.807, 2.05) is 35.0 Å². The molecule has 2 aromatic heterocycles. The van der Waals surface area contributed by atoms with Crippen LogP contribution in [-0.4, -0.2) is 27.1 Å². The zero-order chi connectivity index (χ0) is 19.5. The van der Waals surface area contributed by atoms with E-state index in [-0.39, 0.29) is 11.7 Å². The summed E-state index contributed by atoms with van der Waals surface area (Å²) in [7, 11) is 0. The Kier molecular flexibility index (Phi) is 5.08. The maximum Gasteiger partial charge on any atom is 0.220 e. The van der Waals surface area contributed by atoms with Gasteiger partial charge < -0.3 is 19.9 Å². The standard InChI is InChI=1S/C21H21FN4O2/c22-16-7-8-17-19(12-16)26(21(28)18-5-2-10-25(17)18)11-3-6-20(27)24-14-15-4-1-9-23-13-15/h1-2,4-5,7-10,12-13,21,28H,3,6,11,14H2,(H,24,27). The smallest absolute Gasteiger partial charge is 0.220 e. The average molecular weight is 380 g/mol. The molecule has 144 valence electrons. The van der Waals surface area contributed by atoms with Gasteiger partial charge in [0.15, 0.2) is 6.23 Å². The summed E-state index contributed by atoms with van der Waals surface area (Å²) < 4.78 is 15.7. The van der Waals surface area contributed by atoms with Crippen molar-refractivity contribution in [3.05, 3.63) is 78.1 Å². The molecule has 3 aromatic rings. The number of fused-ring (bicyclic) bond motifs is 3. The number of carbonyl (C=O) groups excluding carboxylic acids is 1. The minimum absolute atomic E-state index is 0.0711. The Hall–Kier alpha value is -3.19. The molecule has 1 amide bonds. The molecule has 0 bridgehead atoms. The third-order valence-electron chi connectivity index (χ3n) is 4.86. The lowest BCUT2D eigenvalue weighted by atomic mass is 10.1. The molecule has 3 heterocycles. The third-order valence-corrected chi connectivity index (χ3v) is 4.86. The van der Waals surface area contributed by atoms with E-state index >= 15 is 0 Å². The summed E-state index contributed by atoms with van der Waals surface area (Å²) >= 11 is 0. The van der Waals surface area contributed by atoms with Crippen molar-refractivity contribution >= 4 is 11.6 Å². The molecule has 1 unspecified atom stereocenters. The van der Waals surface area contributed by atoms with E-state index in [1.165, 1.54) is 12.1 Å². The minimum atomic E-state index is -0.886. The van der Waals surface area contributed by atoms with Gasteiger partial charge in [-0.2, -0.15) is 0 Å². The number of nitrogens with one attached hydrogen (secondary N) is 1. The molecule has 1 aliphatic heterocycles. The van der Waals surface area contributed by atoms with Gasteiger partial charge in [-0.1, -0.05) is 6.07 Å². The molecule has 7 heteroatoms. The summed E-state index contributed by atoms with van der Waals surface area (Å²) in [5, 5.41) is 13.6. The molecule has 1 aromatic carbocycles. The molecule has 6 nitrogen and oxygen atoms in total. The van der Waals surface area contributed by atoms with Crippen molar-refractivity contribution in [1.82, 2.24) is 14.9 Å². The fourth-order valence-corrected chi connectivity index (χ4v) is 3.49. The monoisotopic (exact) mass is 380 g/mol. The molecule has 0 aliphatic carbocycles. The second-order valence-electron chi connectivity index (χ2n) is 6.74. The summed E-state index contributed by atoms with van der Waals surface area (Å²) in [6, 6.07) is 11.9. The van der Waals surface area contributed by atoms with E-state index in [1.54, 1.807) is 23.4 Å². The summed E-state index contributed by atoms with van der Waals surface area (Å²) in [5.41, 5.74) is 3.09. The van der Waals surface area contributed by atoms with Gasteiger partial charge in [-0.3, -0.25) is 9.78 Å². The second-order valence-corrected chi connectivity index (χ2v) is 6.74. The number of hydrogen-bond donors (Lipinski definition) is 2. The van der Waals surface area contributed by atoms with Crippen LogP contribution >= 0.6 is 0 Å². The van der Waals surface area contributed by atoms with Crippen molar-refractivity contribution in [2.45, 2.75) is 25.6 Å². The maximum atomic E-state index is 13.8. The third kappa shape index (κ3) is 3.61. The van der Waals surface area contributed by atoms with E-state index in [4.69, 9.17) is 0 Å². The molecule has 0 saturated carbocycles. The number of hydrogen-bond acceptors (Lipinski definition) is 4. The van der Waals surface area contributed by atoms with Gasteiger partial charge in [-0.15, -0.1) is 0 Å². The highest BCUT2D eigenvalue weighted by atomic mass is 19.1. The van der Waals surface area contributed by atoms with Crippen LogP contribution in [0, 0.1) is 5.82 Å². The van der Waals surface area contributed by atoms with Crippen molar-refractivity contribution < 1.29 is 14.3 Å². The van der Waals surface area contributed by atoms with Crippen LogP contribution in [0.1, 0.15) is 30.3 Å². The molecule has 0 fully saturated rings. The zero-order valence-corrected chi connectivity index (χ0v) is 15.3. The number of nitrogens with zero attached hydrogens (tertiary/aromatic N) is 3. The number of amides is 1. The highest BCUT2D eigenvalue weighted by Crippen LogP contribution is 2.38. The summed E-state index contributed by atoms with van der Waals surface area (Å²) in [4.78, 5) is 17.9. The van der Waals surface area contributed by atoms with E-state index in [0.29, 0.717) is 31.6 Å². The lowest BCUT2D eigenvalue weighted by Gasteiger charge is -2.36. The predicted molar refractivity (Wildman–Crippen MR) is 103 cm³/mol. The highest BCUT2D eigenvalue weighted by molar-refractivity contribution is 5.76. The first-order chi connectivity index (χ1) is 13.6. The van der Waals surface area contributed by atoms with Crippen LogP contribution < -0.4 is 10.2 Å². The second kappa shape index (κ2) is 7.82. The van der Waals surface area contributed by atoms with Gasteiger partial charge in [0.1, 0.15) is 5.82 Å². The zero-order valence-electron chi connectivity index (χ0n) is 15.3. The first-order valence-corrected chi connectivity index (χ1v) is 9.21. The summed E-state index contributed by atoms with van der Waals surface area (Å²) in [5.74, 6) is -0.432. The fourth-order valence-electron chi connectivity index (χ4n) is 3.49. The predicted octanol–water partition coefficient (Wildman–Crippen LogP) is 2.92. The van der Waals surface area contributed by atoms with Crippen molar-refractivity contribution in [1.29, 1.82) is 0 Å². The topological polar surface area (TPSA) is 70.4 Å². The van der Waals surface area contributed by atoms with Crippen molar-refractivity contribution in [3.8, 4) is 5.69 Å². The van der Waals surface area contributed by atoms with Crippen molar-refractivity contribution in [2.75, 3.05) is 11.4 Å². The van der Waals surface area contributed by atoms with E-state index in [2.05, 4.69) is 10.3 Å². The molecule has 0 saturated heterocycles. The van der Waals surface area contributed by atoms with Crippen molar-refractivity contribution in [3.63, 3.8) is 0 Å². The first-order valence-electron chi connectivity index (χ1n) is 9.21. The molecule has 4 rings (SSSR count). The van der Waals surface area contributed by atoms with Gasteiger partial charge in [-0.05, 0) is 48.4 Å². The largest absolute Gasteiger partial charge is 0.368 e. The van der Waals surface area contributed by atoms with Crippen LogP contribution in [-0.2, 0) is 11.3 Å². The van der Waals surface area contributed by atoms with E-state index in [0.717, 1.165) is 16.9 Å². The number of aromatic nitrogens is 2. The lowest BCUT2D eigenvalue weighted by Crippen LogP contribution is -2.35.